The molecule has 2 nitrogen and oxygen atoms in total. The lowest BCUT2D eigenvalue weighted by atomic mass is 9.97. The molecule has 1 aliphatic heterocycles. The fourth-order valence-electron chi connectivity index (χ4n) is 2.70. The SMILES string of the molecule is Cc1cc(F)cc(N2CC(C)NCC2C(C)C)c1. The van der Waals surface area contributed by atoms with E-state index in [1.807, 2.05) is 6.92 Å². The maximum Gasteiger partial charge on any atom is 0.125 e. The first kappa shape index (κ1) is 13.3. The van der Waals surface area contributed by atoms with Crippen LogP contribution < -0.4 is 10.2 Å². The zero-order valence-corrected chi connectivity index (χ0v) is 11.7. The molecule has 1 aromatic carbocycles. The molecule has 1 N–H and O–H groups in total. The van der Waals surface area contributed by atoms with Gasteiger partial charge in [0.05, 0.1) is 0 Å². The Morgan fingerprint density at radius 3 is 2.67 bits per heavy atom. The summed E-state index contributed by atoms with van der Waals surface area (Å²) in [6, 6.07) is 6.20. The van der Waals surface area contributed by atoms with E-state index in [1.54, 1.807) is 12.1 Å². The van der Waals surface area contributed by atoms with Gasteiger partial charge in [0.25, 0.3) is 0 Å². The van der Waals surface area contributed by atoms with Crippen molar-refractivity contribution in [1.82, 2.24) is 5.32 Å². The number of nitrogens with zero attached hydrogens (tertiary/aromatic N) is 1. The van der Waals surface area contributed by atoms with Gasteiger partial charge in [0.1, 0.15) is 5.82 Å². The molecule has 100 valence electrons. The van der Waals surface area contributed by atoms with Crippen LogP contribution in [0.25, 0.3) is 0 Å². The molecule has 0 bridgehead atoms. The molecule has 0 spiro atoms. The van der Waals surface area contributed by atoms with Gasteiger partial charge in [0.15, 0.2) is 0 Å². The molecule has 1 aromatic rings. The summed E-state index contributed by atoms with van der Waals surface area (Å²) in [5.74, 6) is 0.410. The molecule has 1 aliphatic rings. The van der Waals surface area contributed by atoms with E-state index >= 15 is 0 Å². The first-order chi connectivity index (χ1) is 8.47. The highest BCUT2D eigenvalue weighted by Crippen LogP contribution is 2.25. The molecule has 0 radical (unpaired) electrons. The molecule has 0 aliphatic carbocycles. The quantitative estimate of drug-likeness (QED) is 0.868. The number of piperazine rings is 1. The predicted octanol–water partition coefficient (Wildman–Crippen LogP) is 2.96. The standard InChI is InChI=1S/C15H23FN2/c1-10(2)15-8-17-12(4)9-18(15)14-6-11(3)5-13(16)7-14/h5-7,10,12,15,17H,8-9H2,1-4H3. The van der Waals surface area contributed by atoms with E-state index in [-0.39, 0.29) is 5.82 Å². The van der Waals surface area contributed by atoms with Gasteiger partial charge in [-0.1, -0.05) is 13.8 Å². The normalized spacial score (nSPS) is 24.7. The number of benzene rings is 1. The summed E-state index contributed by atoms with van der Waals surface area (Å²) in [5, 5.41) is 3.51. The van der Waals surface area contributed by atoms with Crippen molar-refractivity contribution in [3.8, 4) is 0 Å². The van der Waals surface area contributed by atoms with Crippen LogP contribution in [0.2, 0.25) is 0 Å². The highest BCUT2D eigenvalue weighted by molar-refractivity contribution is 5.50. The number of nitrogens with one attached hydrogen (secondary N) is 1. The van der Waals surface area contributed by atoms with Crippen LogP contribution in [0.3, 0.4) is 0 Å². The van der Waals surface area contributed by atoms with Crippen LogP contribution in [-0.4, -0.2) is 25.2 Å². The number of hydrogen-bond donors (Lipinski definition) is 1. The molecule has 2 rings (SSSR count). The van der Waals surface area contributed by atoms with Crippen molar-refractivity contribution in [2.24, 2.45) is 5.92 Å². The van der Waals surface area contributed by atoms with Crippen molar-refractivity contribution in [3.05, 3.63) is 29.6 Å². The maximum absolute atomic E-state index is 13.6. The number of anilines is 1. The number of halogens is 1. The first-order valence-corrected chi connectivity index (χ1v) is 6.74. The molecule has 1 fully saturated rings. The fraction of sp³-hybridized carbons (Fsp3) is 0.600. The smallest absolute Gasteiger partial charge is 0.125 e. The van der Waals surface area contributed by atoms with Crippen LogP contribution in [0.5, 0.6) is 0 Å². The van der Waals surface area contributed by atoms with Crippen LogP contribution in [-0.2, 0) is 0 Å². The fourth-order valence-corrected chi connectivity index (χ4v) is 2.70. The van der Waals surface area contributed by atoms with Gasteiger partial charge >= 0.3 is 0 Å². The predicted molar refractivity (Wildman–Crippen MR) is 74.6 cm³/mol. The average Bonchev–Trinajstić information content (AvgIpc) is 2.27. The molecular formula is C15H23FN2. The Morgan fingerprint density at radius 2 is 2.06 bits per heavy atom. The molecule has 0 amide bonds. The van der Waals surface area contributed by atoms with Gasteiger partial charge < -0.3 is 10.2 Å². The summed E-state index contributed by atoms with van der Waals surface area (Å²) in [5.41, 5.74) is 2.00. The molecule has 0 saturated carbocycles. The summed E-state index contributed by atoms with van der Waals surface area (Å²) >= 11 is 0. The summed E-state index contributed by atoms with van der Waals surface area (Å²) in [7, 11) is 0. The molecular weight excluding hydrogens is 227 g/mol. The van der Waals surface area contributed by atoms with Gasteiger partial charge in [-0.25, -0.2) is 4.39 Å². The van der Waals surface area contributed by atoms with Gasteiger partial charge in [-0.2, -0.15) is 0 Å². The molecule has 1 heterocycles. The summed E-state index contributed by atoms with van der Waals surface area (Å²) < 4.78 is 13.6. The summed E-state index contributed by atoms with van der Waals surface area (Å²) in [6.45, 7) is 10.5. The minimum atomic E-state index is -0.140. The second-order valence-corrected chi connectivity index (χ2v) is 5.76. The van der Waals surface area contributed by atoms with Gasteiger partial charge in [-0.05, 0) is 43.5 Å². The van der Waals surface area contributed by atoms with Crippen molar-refractivity contribution in [2.45, 2.75) is 39.8 Å². The third kappa shape index (κ3) is 2.83. The summed E-state index contributed by atoms with van der Waals surface area (Å²) in [4.78, 5) is 2.35. The van der Waals surface area contributed by atoms with Crippen molar-refractivity contribution in [3.63, 3.8) is 0 Å². The third-order valence-electron chi connectivity index (χ3n) is 3.67. The van der Waals surface area contributed by atoms with E-state index in [9.17, 15) is 4.39 Å². The van der Waals surface area contributed by atoms with E-state index in [2.05, 4.69) is 37.1 Å². The lowest BCUT2D eigenvalue weighted by Gasteiger charge is -2.43. The molecule has 2 atom stereocenters. The number of hydrogen-bond acceptors (Lipinski definition) is 2. The Kier molecular flexibility index (Phi) is 3.91. The Balaban J connectivity index is 2.31. The van der Waals surface area contributed by atoms with E-state index in [4.69, 9.17) is 0 Å². The molecule has 18 heavy (non-hydrogen) atoms. The van der Waals surface area contributed by atoms with Crippen LogP contribution >= 0.6 is 0 Å². The maximum atomic E-state index is 13.6. The van der Waals surface area contributed by atoms with Gasteiger partial charge in [0, 0.05) is 30.9 Å². The zero-order chi connectivity index (χ0) is 13.3. The minimum absolute atomic E-state index is 0.140. The van der Waals surface area contributed by atoms with Gasteiger partial charge in [-0.3, -0.25) is 0 Å². The molecule has 0 aromatic heterocycles. The average molecular weight is 250 g/mol. The number of rotatable bonds is 2. The van der Waals surface area contributed by atoms with E-state index in [0.29, 0.717) is 18.0 Å². The van der Waals surface area contributed by atoms with E-state index < -0.39 is 0 Å². The monoisotopic (exact) mass is 250 g/mol. The van der Waals surface area contributed by atoms with Crippen LogP contribution in [0.4, 0.5) is 10.1 Å². The Morgan fingerprint density at radius 1 is 1.33 bits per heavy atom. The summed E-state index contributed by atoms with van der Waals surface area (Å²) in [6.07, 6.45) is 0. The Hall–Kier alpha value is -1.09. The minimum Gasteiger partial charge on any atom is -0.365 e. The Labute approximate surface area is 109 Å². The molecule has 1 saturated heterocycles. The van der Waals surface area contributed by atoms with Crippen LogP contribution in [0.1, 0.15) is 26.3 Å². The lowest BCUT2D eigenvalue weighted by molar-refractivity contribution is 0.349. The lowest BCUT2D eigenvalue weighted by Crippen LogP contribution is -2.57. The van der Waals surface area contributed by atoms with Crippen molar-refractivity contribution in [1.29, 1.82) is 0 Å². The third-order valence-corrected chi connectivity index (χ3v) is 3.67. The zero-order valence-electron chi connectivity index (χ0n) is 11.7. The van der Waals surface area contributed by atoms with Gasteiger partial charge in [-0.15, -0.1) is 0 Å². The second-order valence-electron chi connectivity index (χ2n) is 5.76. The molecule has 3 heteroatoms. The highest BCUT2D eigenvalue weighted by atomic mass is 19.1. The van der Waals surface area contributed by atoms with Gasteiger partial charge in [0.2, 0.25) is 0 Å². The van der Waals surface area contributed by atoms with Crippen molar-refractivity contribution >= 4 is 5.69 Å². The second kappa shape index (κ2) is 5.27. The number of aryl methyl sites for hydroxylation is 1. The van der Waals surface area contributed by atoms with Crippen molar-refractivity contribution < 1.29 is 4.39 Å². The Bertz CT molecular complexity index is 397. The largest absolute Gasteiger partial charge is 0.365 e. The first-order valence-electron chi connectivity index (χ1n) is 6.74. The topological polar surface area (TPSA) is 15.3 Å². The van der Waals surface area contributed by atoms with Crippen LogP contribution in [0, 0.1) is 18.7 Å². The van der Waals surface area contributed by atoms with E-state index in [0.717, 1.165) is 24.3 Å². The molecule has 2 unspecified atom stereocenters. The van der Waals surface area contributed by atoms with Crippen LogP contribution in [0.15, 0.2) is 18.2 Å². The van der Waals surface area contributed by atoms with E-state index in [1.165, 1.54) is 0 Å². The van der Waals surface area contributed by atoms with Crippen molar-refractivity contribution in [2.75, 3.05) is 18.0 Å². The highest BCUT2D eigenvalue weighted by Gasteiger charge is 2.28.